The molecule has 0 nitrogen and oxygen atoms in total. The molecule has 2 aliphatic rings. The molecule has 0 aromatic carbocycles. The first kappa shape index (κ1) is 19.0. The summed E-state index contributed by atoms with van der Waals surface area (Å²) < 4.78 is 1.36. The van der Waals surface area contributed by atoms with Gasteiger partial charge in [-0.25, -0.2) is 0 Å². The maximum Gasteiger partial charge on any atom is -1.00 e. The van der Waals surface area contributed by atoms with Gasteiger partial charge in [-0.3, -0.25) is 0 Å². The third kappa shape index (κ3) is 3.55. The first-order valence-electron chi connectivity index (χ1n) is 6.06. The van der Waals surface area contributed by atoms with Gasteiger partial charge < -0.3 is 24.8 Å². The Hall–Kier alpha value is -0.00571. The molecule has 0 unspecified atom stereocenters. The zero-order valence-electron chi connectivity index (χ0n) is 11.9. The van der Waals surface area contributed by atoms with E-state index in [0.29, 0.717) is 0 Å². The van der Waals surface area contributed by atoms with E-state index in [1.165, 1.54) is 31.7 Å². The van der Waals surface area contributed by atoms with E-state index in [1.807, 2.05) is 0 Å². The van der Waals surface area contributed by atoms with Crippen molar-refractivity contribution in [2.24, 2.45) is 5.41 Å². The van der Waals surface area contributed by atoms with Crippen LogP contribution in [0, 0.1) is 5.41 Å². The van der Waals surface area contributed by atoms with Crippen molar-refractivity contribution in [3.63, 3.8) is 0 Å². The van der Waals surface area contributed by atoms with E-state index in [1.54, 1.807) is 0 Å². The van der Waals surface area contributed by atoms with Crippen LogP contribution in [0.15, 0.2) is 56.6 Å². The third-order valence-electron chi connectivity index (χ3n) is 3.40. The monoisotopic (exact) mass is 329 g/mol. The predicted molar refractivity (Wildman–Crippen MR) is 70.2 cm³/mol. The van der Waals surface area contributed by atoms with Crippen LogP contribution in [-0.2, 0) is 20.4 Å². The number of hydrogen-bond donors (Lipinski definition) is 0. The Morgan fingerprint density at radius 1 is 1.21 bits per heavy atom. The largest absolute Gasteiger partial charge is 1.00 e. The van der Waals surface area contributed by atoms with E-state index in [-0.39, 0.29) is 30.2 Å². The molecule has 3 heteroatoms. The summed E-state index contributed by atoms with van der Waals surface area (Å²) in [5.41, 5.74) is 7.14. The second kappa shape index (κ2) is 6.63. The molecule has 0 bridgehead atoms. The molecule has 0 amide bonds. The van der Waals surface area contributed by atoms with Gasteiger partial charge in [0.25, 0.3) is 0 Å². The maximum atomic E-state index is 4.17. The molecule has 2 aliphatic carbocycles. The molecule has 0 aliphatic heterocycles. The van der Waals surface area contributed by atoms with Gasteiger partial charge in [-0.1, -0.05) is 0 Å². The van der Waals surface area contributed by atoms with E-state index < -0.39 is 0 Å². The molecule has 101 valence electrons. The summed E-state index contributed by atoms with van der Waals surface area (Å²) in [5.74, 6) is 0. The summed E-state index contributed by atoms with van der Waals surface area (Å²) >= 11 is 2.20. The van der Waals surface area contributed by atoms with Crippen molar-refractivity contribution >= 4 is 0 Å². The van der Waals surface area contributed by atoms with Crippen LogP contribution in [0.2, 0.25) is 0 Å². The summed E-state index contributed by atoms with van der Waals surface area (Å²) in [4.78, 5) is 0. The zero-order valence-corrected chi connectivity index (χ0v) is 15.0. The van der Waals surface area contributed by atoms with Crippen LogP contribution < -0.4 is 24.8 Å². The maximum absolute atomic E-state index is 4.17. The summed E-state index contributed by atoms with van der Waals surface area (Å²) in [7, 11) is 0. The predicted octanol–water partition coefficient (Wildman–Crippen LogP) is -1.39. The Morgan fingerprint density at radius 3 is 2.21 bits per heavy atom. The van der Waals surface area contributed by atoms with Crippen molar-refractivity contribution < 1.29 is 45.2 Å². The molecule has 19 heavy (non-hydrogen) atoms. The van der Waals surface area contributed by atoms with E-state index in [0.717, 1.165) is 6.42 Å². The smallest absolute Gasteiger partial charge is 1.00 e. The van der Waals surface area contributed by atoms with Crippen LogP contribution in [0.25, 0.3) is 0 Å². The van der Waals surface area contributed by atoms with Crippen LogP contribution in [0.1, 0.15) is 34.1 Å². The van der Waals surface area contributed by atoms with Gasteiger partial charge in [0.05, 0.1) is 0 Å². The molecule has 0 aromatic rings. The van der Waals surface area contributed by atoms with E-state index in [9.17, 15) is 0 Å². The Morgan fingerprint density at radius 2 is 1.79 bits per heavy atom. The minimum Gasteiger partial charge on any atom is -1.00 e. The number of allylic oxidation sites excluding steroid dienone is 9. The molecular formula is C16H19Cl2Ti. The van der Waals surface area contributed by atoms with Gasteiger partial charge in [0.15, 0.2) is 0 Å². The minimum atomic E-state index is 0. The van der Waals surface area contributed by atoms with Crippen molar-refractivity contribution in [1.29, 1.82) is 0 Å². The van der Waals surface area contributed by atoms with E-state index in [2.05, 4.69) is 72.9 Å². The van der Waals surface area contributed by atoms with Gasteiger partial charge in [0.1, 0.15) is 0 Å². The Balaban J connectivity index is 0.00000162. The summed E-state index contributed by atoms with van der Waals surface area (Å²) in [6, 6.07) is 0. The van der Waals surface area contributed by atoms with Gasteiger partial charge in [0, 0.05) is 0 Å². The summed E-state index contributed by atoms with van der Waals surface area (Å²) in [6.07, 6.45) is 7.81. The molecule has 0 N–H and O–H groups in total. The molecule has 0 saturated carbocycles. The number of halogens is 2. The number of rotatable bonds is 1. The fourth-order valence-electron chi connectivity index (χ4n) is 2.57. The molecule has 0 radical (unpaired) electrons. The average Bonchev–Trinajstić information content (AvgIpc) is 2.71. The van der Waals surface area contributed by atoms with Gasteiger partial charge in [-0.15, -0.1) is 0 Å². The van der Waals surface area contributed by atoms with Crippen LogP contribution >= 0.6 is 0 Å². The Bertz CT molecular complexity index is 511. The van der Waals surface area contributed by atoms with Crippen molar-refractivity contribution in [3.8, 4) is 0 Å². The molecule has 0 aromatic heterocycles. The van der Waals surface area contributed by atoms with Crippen LogP contribution in [-0.4, -0.2) is 0 Å². The zero-order chi connectivity index (χ0) is 12.8. The summed E-state index contributed by atoms with van der Waals surface area (Å²) in [6.45, 7) is 13.2. The van der Waals surface area contributed by atoms with Crippen LogP contribution in [0.4, 0.5) is 0 Å². The topological polar surface area (TPSA) is 0 Å². The van der Waals surface area contributed by atoms with Crippen molar-refractivity contribution in [1.82, 2.24) is 0 Å². The fourth-order valence-corrected chi connectivity index (χ4v) is 3.48. The van der Waals surface area contributed by atoms with E-state index >= 15 is 0 Å². The number of hydrogen-bond acceptors (Lipinski definition) is 0. The molecule has 0 atom stereocenters. The summed E-state index contributed by atoms with van der Waals surface area (Å²) in [5, 5.41) is 0. The van der Waals surface area contributed by atoms with Gasteiger partial charge in [-0.2, -0.15) is 0 Å². The second-order valence-corrected chi connectivity index (χ2v) is 6.63. The fraction of sp³-hybridized carbons (Fsp3) is 0.375. The van der Waals surface area contributed by atoms with Crippen molar-refractivity contribution in [3.05, 3.63) is 56.6 Å². The van der Waals surface area contributed by atoms with Gasteiger partial charge >= 0.3 is 117 Å². The molecule has 2 rings (SSSR count). The van der Waals surface area contributed by atoms with Gasteiger partial charge in [0.2, 0.25) is 0 Å². The normalized spacial score (nSPS) is 18.6. The minimum absolute atomic E-state index is 0. The van der Waals surface area contributed by atoms with Crippen LogP contribution in [0.5, 0.6) is 0 Å². The first-order chi connectivity index (χ1) is 7.82. The Labute approximate surface area is 141 Å². The van der Waals surface area contributed by atoms with Crippen molar-refractivity contribution in [2.45, 2.75) is 34.1 Å². The molecular weight excluding hydrogens is 311 g/mol. The quantitative estimate of drug-likeness (QED) is 0.520. The second-order valence-electron chi connectivity index (χ2n) is 5.85. The standard InChI is InChI=1S/C16H19.2ClH.Ti/c1-11-9-14(13-8-6-7-12(13)2)15(10-11)16(3,4)5;;;/h6-7,9H,1,8H2,2-5H3;2*1H;/q;;;+2/p-2. The average molecular weight is 330 g/mol. The van der Waals surface area contributed by atoms with Crippen molar-refractivity contribution in [2.75, 3.05) is 0 Å². The van der Waals surface area contributed by atoms with Gasteiger partial charge in [-0.05, 0) is 0 Å². The first-order valence-corrected chi connectivity index (χ1v) is 6.85. The van der Waals surface area contributed by atoms with Crippen LogP contribution in [0.3, 0.4) is 0 Å². The molecule has 0 spiro atoms. The SMILES string of the molecule is C=C1C=C(C2=C(C)C=CC2)C(C(C)(C)C)=[C]1[Ti+2].[Cl-].[Cl-]. The van der Waals surface area contributed by atoms with E-state index in [4.69, 9.17) is 0 Å². The third-order valence-corrected chi connectivity index (χ3v) is 4.29. The molecule has 0 saturated heterocycles. The molecule has 0 fully saturated rings. The molecule has 0 heterocycles. The Kier molecular flexibility index (Phi) is 6.63.